The van der Waals surface area contributed by atoms with Gasteiger partial charge >= 0.3 is 0 Å². The largest absolute Gasteiger partial charge is 0.345 e. The summed E-state index contributed by atoms with van der Waals surface area (Å²) in [5.41, 5.74) is 1.59. The molecule has 1 saturated heterocycles. The summed E-state index contributed by atoms with van der Waals surface area (Å²) < 4.78 is 24.9. The van der Waals surface area contributed by atoms with E-state index in [1.165, 1.54) is 17.6 Å². The van der Waals surface area contributed by atoms with Gasteiger partial charge in [-0.15, -0.1) is 0 Å². The van der Waals surface area contributed by atoms with Gasteiger partial charge in [-0.05, 0) is 36.4 Å². The van der Waals surface area contributed by atoms with Crippen molar-refractivity contribution in [2.45, 2.75) is 4.90 Å². The number of rotatable bonds is 3. The molecule has 29 heavy (non-hydrogen) atoms. The molecule has 2 heterocycles. The van der Waals surface area contributed by atoms with Crippen LogP contribution in [0.5, 0.6) is 0 Å². The Hall–Kier alpha value is -2.96. The molecule has 0 atom stereocenters. The fourth-order valence-corrected chi connectivity index (χ4v) is 5.26. The minimum absolute atomic E-state index is 0.0576. The standard InChI is InChI=1S/C20H18N4O3S2/c1-29(26,27)17-4-2-3-16-18(17)22-20(28-16)24-11-9-23(10-12-24)19(25)15-7-5-14(13-21)6-8-15/h2-8H,9-12H2,1H3. The van der Waals surface area contributed by atoms with E-state index in [9.17, 15) is 13.2 Å². The highest BCUT2D eigenvalue weighted by Gasteiger charge is 2.25. The highest BCUT2D eigenvalue weighted by atomic mass is 32.2. The lowest BCUT2D eigenvalue weighted by molar-refractivity contribution is 0.0746. The zero-order valence-electron chi connectivity index (χ0n) is 15.7. The Bertz CT molecular complexity index is 1220. The molecule has 3 aromatic rings. The van der Waals surface area contributed by atoms with Crippen molar-refractivity contribution in [2.75, 3.05) is 37.3 Å². The van der Waals surface area contributed by atoms with Crippen LogP contribution in [0.25, 0.3) is 10.2 Å². The first-order valence-electron chi connectivity index (χ1n) is 9.01. The second-order valence-corrected chi connectivity index (χ2v) is 9.83. The van der Waals surface area contributed by atoms with E-state index >= 15 is 0 Å². The molecule has 0 unspecified atom stereocenters. The molecule has 1 aliphatic heterocycles. The van der Waals surface area contributed by atoms with Crippen molar-refractivity contribution in [1.29, 1.82) is 5.26 Å². The monoisotopic (exact) mass is 426 g/mol. The average Bonchev–Trinajstić information content (AvgIpc) is 3.17. The van der Waals surface area contributed by atoms with Crippen LogP contribution in [-0.2, 0) is 9.84 Å². The molecule has 1 aliphatic rings. The molecule has 0 N–H and O–H groups in total. The summed E-state index contributed by atoms with van der Waals surface area (Å²) in [7, 11) is -3.35. The Balaban J connectivity index is 1.49. The van der Waals surface area contributed by atoms with Crippen molar-refractivity contribution in [3.8, 4) is 6.07 Å². The quantitative estimate of drug-likeness (QED) is 0.639. The van der Waals surface area contributed by atoms with E-state index in [1.807, 2.05) is 12.1 Å². The maximum absolute atomic E-state index is 12.7. The summed E-state index contributed by atoms with van der Waals surface area (Å²) >= 11 is 1.46. The number of para-hydroxylation sites is 1. The van der Waals surface area contributed by atoms with Crippen LogP contribution in [0.4, 0.5) is 5.13 Å². The summed E-state index contributed by atoms with van der Waals surface area (Å²) in [6.45, 7) is 2.34. The Kier molecular flexibility index (Phi) is 4.98. The summed E-state index contributed by atoms with van der Waals surface area (Å²) in [5.74, 6) is -0.0576. The maximum atomic E-state index is 12.7. The van der Waals surface area contributed by atoms with E-state index in [2.05, 4.69) is 9.88 Å². The smallest absolute Gasteiger partial charge is 0.253 e. The molecule has 0 bridgehead atoms. The lowest BCUT2D eigenvalue weighted by Gasteiger charge is -2.34. The molecule has 1 aromatic heterocycles. The van der Waals surface area contributed by atoms with Gasteiger partial charge in [0.05, 0.1) is 21.2 Å². The predicted octanol–water partition coefficient (Wildman–Crippen LogP) is 2.53. The first-order valence-corrected chi connectivity index (χ1v) is 11.7. The molecule has 2 aromatic carbocycles. The first-order chi connectivity index (χ1) is 13.9. The number of hydrogen-bond donors (Lipinski definition) is 0. The summed E-state index contributed by atoms with van der Waals surface area (Å²) in [5, 5.41) is 9.64. The predicted molar refractivity (Wildman–Crippen MR) is 112 cm³/mol. The number of benzene rings is 2. The Morgan fingerprint density at radius 1 is 1.10 bits per heavy atom. The van der Waals surface area contributed by atoms with Crippen molar-refractivity contribution < 1.29 is 13.2 Å². The lowest BCUT2D eigenvalue weighted by atomic mass is 10.1. The second kappa shape index (κ2) is 7.46. The third-order valence-corrected chi connectivity index (χ3v) is 7.08. The van der Waals surface area contributed by atoms with E-state index in [4.69, 9.17) is 5.26 Å². The van der Waals surface area contributed by atoms with E-state index in [-0.39, 0.29) is 10.8 Å². The lowest BCUT2D eigenvalue weighted by Crippen LogP contribution is -2.48. The molecule has 1 amide bonds. The molecular weight excluding hydrogens is 408 g/mol. The van der Waals surface area contributed by atoms with Gasteiger partial charge in [0.1, 0.15) is 5.52 Å². The third-order valence-electron chi connectivity index (χ3n) is 4.87. The first kappa shape index (κ1) is 19.4. The fourth-order valence-electron chi connectivity index (χ4n) is 3.32. The van der Waals surface area contributed by atoms with E-state index in [0.29, 0.717) is 42.8 Å². The second-order valence-electron chi connectivity index (χ2n) is 6.84. The number of aromatic nitrogens is 1. The number of thiazole rings is 1. The molecule has 0 spiro atoms. The van der Waals surface area contributed by atoms with Crippen molar-refractivity contribution in [3.05, 3.63) is 53.6 Å². The number of carbonyl (C=O) groups is 1. The van der Waals surface area contributed by atoms with Gasteiger partial charge in [-0.2, -0.15) is 5.26 Å². The number of hydrogen-bond acceptors (Lipinski definition) is 7. The van der Waals surface area contributed by atoms with Crippen LogP contribution in [0.15, 0.2) is 47.4 Å². The number of fused-ring (bicyclic) bond motifs is 1. The topological polar surface area (TPSA) is 94.4 Å². The number of nitriles is 1. The number of nitrogens with zero attached hydrogens (tertiary/aromatic N) is 4. The maximum Gasteiger partial charge on any atom is 0.253 e. The highest BCUT2D eigenvalue weighted by molar-refractivity contribution is 7.91. The van der Waals surface area contributed by atoms with Crippen molar-refractivity contribution >= 4 is 42.4 Å². The average molecular weight is 427 g/mol. The van der Waals surface area contributed by atoms with E-state index in [1.54, 1.807) is 41.3 Å². The summed E-state index contributed by atoms with van der Waals surface area (Å²) in [6.07, 6.45) is 1.19. The number of sulfone groups is 1. The summed E-state index contributed by atoms with van der Waals surface area (Å²) in [4.78, 5) is 21.4. The summed E-state index contributed by atoms with van der Waals surface area (Å²) in [6, 6.07) is 13.9. The normalized spacial score (nSPS) is 14.8. The molecule has 0 aliphatic carbocycles. The number of amides is 1. The van der Waals surface area contributed by atoms with Crippen LogP contribution < -0.4 is 4.90 Å². The number of anilines is 1. The van der Waals surface area contributed by atoms with Gasteiger partial charge in [0.25, 0.3) is 5.91 Å². The molecular formula is C20H18N4O3S2. The third kappa shape index (κ3) is 3.81. The van der Waals surface area contributed by atoms with Crippen LogP contribution in [0.1, 0.15) is 15.9 Å². The zero-order valence-corrected chi connectivity index (χ0v) is 17.3. The van der Waals surface area contributed by atoms with Gasteiger partial charge < -0.3 is 9.80 Å². The number of piperazine rings is 1. The van der Waals surface area contributed by atoms with Crippen LogP contribution in [0, 0.1) is 11.3 Å². The van der Waals surface area contributed by atoms with Crippen molar-refractivity contribution in [1.82, 2.24) is 9.88 Å². The minimum Gasteiger partial charge on any atom is -0.345 e. The molecule has 148 valence electrons. The van der Waals surface area contributed by atoms with Crippen LogP contribution in [0.2, 0.25) is 0 Å². The molecule has 0 saturated carbocycles. The van der Waals surface area contributed by atoms with Crippen molar-refractivity contribution in [3.63, 3.8) is 0 Å². The molecule has 0 radical (unpaired) electrons. The molecule has 1 fully saturated rings. The molecule has 4 rings (SSSR count). The van der Waals surface area contributed by atoms with Gasteiger partial charge in [0.2, 0.25) is 0 Å². The minimum atomic E-state index is -3.35. The van der Waals surface area contributed by atoms with E-state index < -0.39 is 9.84 Å². The SMILES string of the molecule is CS(=O)(=O)c1cccc2sc(N3CCN(C(=O)c4ccc(C#N)cc4)CC3)nc12. The number of carbonyl (C=O) groups excluding carboxylic acids is 1. The fraction of sp³-hybridized carbons (Fsp3) is 0.250. The van der Waals surface area contributed by atoms with Crippen LogP contribution in [-0.4, -0.2) is 56.6 Å². The van der Waals surface area contributed by atoms with Crippen molar-refractivity contribution in [2.24, 2.45) is 0 Å². The Morgan fingerprint density at radius 2 is 1.79 bits per heavy atom. The van der Waals surface area contributed by atoms with E-state index in [0.717, 1.165) is 9.83 Å². The van der Waals surface area contributed by atoms with Gasteiger partial charge in [0, 0.05) is 38.0 Å². The Morgan fingerprint density at radius 3 is 2.41 bits per heavy atom. The zero-order chi connectivity index (χ0) is 20.6. The highest BCUT2D eigenvalue weighted by Crippen LogP contribution is 2.33. The van der Waals surface area contributed by atoms with Gasteiger partial charge in [-0.3, -0.25) is 4.79 Å². The van der Waals surface area contributed by atoms with Crippen LogP contribution >= 0.6 is 11.3 Å². The molecule has 7 nitrogen and oxygen atoms in total. The van der Waals surface area contributed by atoms with Crippen LogP contribution in [0.3, 0.4) is 0 Å². The van der Waals surface area contributed by atoms with Gasteiger partial charge in [-0.25, -0.2) is 13.4 Å². The van der Waals surface area contributed by atoms with Gasteiger partial charge in [-0.1, -0.05) is 17.4 Å². The Labute approximate surface area is 172 Å². The molecule has 9 heteroatoms. The van der Waals surface area contributed by atoms with Gasteiger partial charge in [0.15, 0.2) is 15.0 Å².